The van der Waals surface area contributed by atoms with Crippen LogP contribution >= 0.6 is 0 Å². The molecule has 1 aliphatic heterocycles. The molecule has 0 aromatic carbocycles. The molecule has 1 rings (SSSR count). The summed E-state index contributed by atoms with van der Waals surface area (Å²) in [6.45, 7) is 0. The third-order valence-electron chi connectivity index (χ3n) is 0.374. The molecule has 1 saturated heterocycles. The van der Waals surface area contributed by atoms with Crippen molar-refractivity contribution in [3.05, 3.63) is 0 Å². The van der Waals surface area contributed by atoms with E-state index in [1.54, 1.807) is 8.94 Å². The second-order valence-electron chi connectivity index (χ2n) is 0.780. The Kier molecular flexibility index (Phi) is 6.04. The van der Waals surface area contributed by atoms with Gasteiger partial charge in [0, 0.05) is 0 Å². The van der Waals surface area contributed by atoms with E-state index in [9.17, 15) is 0 Å². The van der Waals surface area contributed by atoms with Crippen molar-refractivity contribution in [2.75, 3.05) is 0 Å². The molecule has 0 saturated carbocycles. The summed E-state index contributed by atoms with van der Waals surface area (Å²) in [4.78, 5) is 0. The van der Waals surface area contributed by atoms with Gasteiger partial charge in [-0.25, -0.2) is 0 Å². The number of hydrogen-bond donors (Lipinski definition) is 0. The average molecular weight is 538 g/mol. The molecule has 0 aliphatic carbocycles. The fraction of sp³-hybridized carbons (Fsp3) is 1.00. The second kappa shape index (κ2) is 4.98. The molecule has 0 aromatic rings. The van der Waals surface area contributed by atoms with Gasteiger partial charge in [0.2, 0.25) is 0 Å². The Morgan fingerprint density at radius 3 is 1.50 bits per heavy atom. The summed E-state index contributed by atoms with van der Waals surface area (Å²) in [5.41, 5.74) is 0. The van der Waals surface area contributed by atoms with Gasteiger partial charge >= 0.3 is 69.4 Å². The molecule has 0 amide bonds. The number of rotatable bonds is 0. The Morgan fingerprint density at radius 1 is 0.833 bits per heavy atom. The molecular formula is C2H4Te4. The summed E-state index contributed by atoms with van der Waals surface area (Å²) in [5, 5.41) is 0. The van der Waals surface area contributed by atoms with Crippen LogP contribution in [0.2, 0.25) is 8.94 Å². The molecule has 0 radical (unpaired) electrons. The quantitative estimate of drug-likeness (QED) is 0.362. The summed E-state index contributed by atoms with van der Waals surface area (Å²) in [6.07, 6.45) is 0. The molecule has 0 aromatic heterocycles. The van der Waals surface area contributed by atoms with Crippen LogP contribution in [0.1, 0.15) is 0 Å². The van der Waals surface area contributed by atoms with Crippen molar-refractivity contribution in [3.8, 4) is 0 Å². The predicted octanol–water partition coefficient (Wildman–Crippen LogP) is -0.602. The fourth-order valence-electron chi connectivity index (χ4n) is 0.175. The topological polar surface area (TPSA) is 0 Å². The predicted molar refractivity (Wildman–Crippen MR) is 32.6 cm³/mol. The van der Waals surface area contributed by atoms with Crippen molar-refractivity contribution < 1.29 is 0 Å². The van der Waals surface area contributed by atoms with E-state index in [4.69, 9.17) is 0 Å². The van der Waals surface area contributed by atoms with Crippen molar-refractivity contribution in [2.45, 2.75) is 8.94 Å². The van der Waals surface area contributed by atoms with Crippen molar-refractivity contribution in [2.24, 2.45) is 0 Å². The average Bonchev–Trinajstić information content (AvgIpc) is 1.72. The van der Waals surface area contributed by atoms with Crippen LogP contribution in [-0.2, 0) is 0 Å². The maximum atomic E-state index is 1.78. The minimum atomic E-state index is 0.792. The molecule has 6 heavy (non-hydrogen) atoms. The van der Waals surface area contributed by atoms with E-state index in [1.165, 1.54) is 0 Å². The van der Waals surface area contributed by atoms with Crippen LogP contribution in [0, 0.1) is 0 Å². The summed E-state index contributed by atoms with van der Waals surface area (Å²) < 4.78 is 3.56. The van der Waals surface area contributed by atoms with Crippen LogP contribution in [0.15, 0.2) is 0 Å². The Balaban J connectivity index is 2.00. The normalized spacial score (nSPS) is 24.0. The van der Waals surface area contributed by atoms with Crippen LogP contribution < -0.4 is 0 Å². The fourth-order valence-corrected chi connectivity index (χ4v) is 121. The van der Waals surface area contributed by atoms with E-state index in [-0.39, 0.29) is 0 Å². The molecule has 1 aliphatic rings. The molecule has 0 N–H and O–H groups in total. The van der Waals surface area contributed by atoms with Crippen molar-refractivity contribution >= 4 is 60.5 Å². The van der Waals surface area contributed by atoms with Crippen molar-refractivity contribution in [1.82, 2.24) is 0 Å². The van der Waals surface area contributed by atoms with E-state index in [2.05, 4.69) is 0 Å². The first-order valence-electron chi connectivity index (χ1n) is 1.58. The van der Waals surface area contributed by atoms with Gasteiger partial charge in [-0.05, 0) is 0 Å². The summed E-state index contributed by atoms with van der Waals surface area (Å²) in [6, 6.07) is 0. The first-order valence-corrected chi connectivity index (χ1v) is 26.9. The first kappa shape index (κ1) is 7.27. The Bertz CT molecular complexity index is 21.0. The van der Waals surface area contributed by atoms with Crippen LogP contribution in [-0.4, -0.2) is 60.5 Å². The Hall–Kier alpha value is 3.16. The van der Waals surface area contributed by atoms with E-state index in [1.807, 2.05) is 0 Å². The van der Waals surface area contributed by atoms with E-state index in [0.29, 0.717) is 0 Å². The monoisotopic (exact) mass is 548 g/mol. The molecule has 0 spiro atoms. The van der Waals surface area contributed by atoms with Crippen molar-refractivity contribution in [3.63, 3.8) is 0 Å². The van der Waals surface area contributed by atoms with E-state index >= 15 is 0 Å². The van der Waals surface area contributed by atoms with Crippen LogP contribution in [0.25, 0.3) is 0 Å². The maximum absolute atomic E-state index is 1.78. The number of hydrogen-bond acceptors (Lipinski definition) is 0. The zero-order chi connectivity index (χ0) is 4.24. The van der Waals surface area contributed by atoms with Gasteiger partial charge in [-0.15, -0.1) is 0 Å². The standard InChI is InChI=1S/C2H4Te4/c1-2-4-6-5-3-1/h1-2H2. The third-order valence-corrected chi connectivity index (χ3v) is 96.5. The van der Waals surface area contributed by atoms with Gasteiger partial charge in [-0.1, -0.05) is 0 Å². The molecule has 4 heteroatoms. The second-order valence-corrected chi connectivity index (χ2v) is 54.4. The molecule has 1 fully saturated rings. The van der Waals surface area contributed by atoms with Crippen molar-refractivity contribution in [1.29, 1.82) is 0 Å². The Morgan fingerprint density at radius 2 is 1.33 bits per heavy atom. The van der Waals surface area contributed by atoms with Gasteiger partial charge in [-0.2, -0.15) is 0 Å². The molecule has 0 unspecified atom stereocenters. The third kappa shape index (κ3) is 3.24. The SMILES string of the molecule is C1C[Te][Te][Te][Te]1. The van der Waals surface area contributed by atoms with Gasteiger partial charge in [0.25, 0.3) is 0 Å². The van der Waals surface area contributed by atoms with Crippen LogP contribution in [0.3, 0.4) is 0 Å². The summed E-state index contributed by atoms with van der Waals surface area (Å²) in [7, 11) is 0. The van der Waals surface area contributed by atoms with E-state index < -0.39 is 0 Å². The summed E-state index contributed by atoms with van der Waals surface area (Å²) >= 11 is 3.36. The van der Waals surface area contributed by atoms with Crippen LogP contribution in [0.5, 0.6) is 0 Å². The van der Waals surface area contributed by atoms with Gasteiger partial charge in [-0.3, -0.25) is 0 Å². The zero-order valence-electron chi connectivity index (χ0n) is 3.05. The molecule has 0 nitrogen and oxygen atoms in total. The van der Waals surface area contributed by atoms with Gasteiger partial charge in [0.15, 0.2) is 0 Å². The molecule has 0 bridgehead atoms. The van der Waals surface area contributed by atoms with Gasteiger partial charge in [0.1, 0.15) is 0 Å². The molecule has 36 valence electrons. The molecular weight excluding hydrogens is 534 g/mol. The summed E-state index contributed by atoms with van der Waals surface area (Å²) in [5.74, 6) is 0. The van der Waals surface area contributed by atoms with Crippen LogP contribution in [0.4, 0.5) is 0 Å². The molecule has 0 atom stereocenters. The zero-order valence-corrected chi connectivity index (χ0v) is 12.4. The van der Waals surface area contributed by atoms with E-state index in [0.717, 1.165) is 60.5 Å². The first-order chi connectivity index (χ1) is 3.00. The van der Waals surface area contributed by atoms with Gasteiger partial charge < -0.3 is 0 Å². The molecule has 1 heterocycles. The van der Waals surface area contributed by atoms with Gasteiger partial charge in [0.05, 0.1) is 0 Å². The Labute approximate surface area is 67.4 Å². The minimum absolute atomic E-state index is 0.792.